The van der Waals surface area contributed by atoms with Crippen molar-refractivity contribution in [1.82, 2.24) is 0 Å². The van der Waals surface area contributed by atoms with Gasteiger partial charge in [-0.3, -0.25) is 0 Å². The lowest BCUT2D eigenvalue weighted by atomic mass is 9.96. The van der Waals surface area contributed by atoms with Crippen molar-refractivity contribution in [3.05, 3.63) is 71.7 Å². The second kappa shape index (κ2) is 4.84. The SMILES string of the molecule is C/C=C/C(c1ccccc1)c1ccc(C)o1. The lowest BCUT2D eigenvalue weighted by molar-refractivity contribution is 0.480. The van der Waals surface area contributed by atoms with Crippen molar-refractivity contribution < 1.29 is 4.42 Å². The van der Waals surface area contributed by atoms with Gasteiger partial charge in [0.2, 0.25) is 0 Å². The largest absolute Gasteiger partial charge is 0.465 e. The van der Waals surface area contributed by atoms with Crippen molar-refractivity contribution >= 4 is 0 Å². The van der Waals surface area contributed by atoms with Crippen LogP contribution in [0.25, 0.3) is 0 Å². The van der Waals surface area contributed by atoms with Crippen LogP contribution in [-0.2, 0) is 0 Å². The van der Waals surface area contributed by atoms with E-state index in [4.69, 9.17) is 4.42 Å². The third-order valence-electron chi connectivity index (χ3n) is 2.61. The van der Waals surface area contributed by atoms with Gasteiger partial charge in [0.1, 0.15) is 11.5 Å². The first-order chi connectivity index (χ1) is 7.81. The van der Waals surface area contributed by atoms with Crippen LogP contribution in [0.1, 0.15) is 29.9 Å². The average Bonchev–Trinajstić information content (AvgIpc) is 2.74. The summed E-state index contributed by atoms with van der Waals surface area (Å²) in [4.78, 5) is 0. The van der Waals surface area contributed by atoms with Crippen molar-refractivity contribution in [2.75, 3.05) is 0 Å². The summed E-state index contributed by atoms with van der Waals surface area (Å²) in [7, 11) is 0. The van der Waals surface area contributed by atoms with Crippen molar-refractivity contribution in [1.29, 1.82) is 0 Å². The molecule has 0 fully saturated rings. The van der Waals surface area contributed by atoms with Gasteiger partial charge in [-0.25, -0.2) is 0 Å². The zero-order chi connectivity index (χ0) is 11.4. The predicted octanol–water partition coefficient (Wildman–Crippen LogP) is 4.30. The van der Waals surface area contributed by atoms with E-state index in [0.717, 1.165) is 11.5 Å². The van der Waals surface area contributed by atoms with Crippen LogP contribution in [0.4, 0.5) is 0 Å². The quantitative estimate of drug-likeness (QED) is 0.691. The molecule has 0 amide bonds. The first kappa shape index (κ1) is 10.7. The molecule has 0 spiro atoms. The minimum Gasteiger partial charge on any atom is -0.465 e. The van der Waals surface area contributed by atoms with Gasteiger partial charge in [0.15, 0.2) is 0 Å². The number of benzene rings is 1. The molecule has 2 aromatic rings. The van der Waals surface area contributed by atoms with Crippen LogP contribution in [0.5, 0.6) is 0 Å². The molecule has 0 saturated heterocycles. The summed E-state index contributed by atoms with van der Waals surface area (Å²) in [5.41, 5.74) is 1.26. The van der Waals surface area contributed by atoms with Crippen LogP contribution in [0.2, 0.25) is 0 Å². The predicted molar refractivity (Wildman–Crippen MR) is 66.5 cm³/mol. The lowest BCUT2D eigenvalue weighted by Gasteiger charge is -2.10. The topological polar surface area (TPSA) is 13.1 Å². The highest BCUT2D eigenvalue weighted by molar-refractivity contribution is 5.32. The standard InChI is InChI=1S/C15H16O/c1-3-7-14(13-8-5-4-6-9-13)15-11-10-12(2)16-15/h3-11,14H,1-2H3/b7-3+. The Morgan fingerprint density at radius 2 is 1.81 bits per heavy atom. The molecule has 0 radical (unpaired) electrons. The fourth-order valence-corrected chi connectivity index (χ4v) is 1.84. The second-order valence-corrected chi connectivity index (χ2v) is 3.86. The van der Waals surface area contributed by atoms with E-state index in [0.29, 0.717) is 0 Å². The first-order valence-electron chi connectivity index (χ1n) is 5.55. The highest BCUT2D eigenvalue weighted by atomic mass is 16.3. The molecule has 82 valence electrons. The van der Waals surface area contributed by atoms with Crippen molar-refractivity contribution in [2.24, 2.45) is 0 Å². The molecule has 1 aromatic carbocycles. The Hall–Kier alpha value is -1.76. The molecule has 2 rings (SSSR count). The fraction of sp³-hybridized carbons (Fsp3) is 0.200. The van der Waals surface area contributed by atoms with Crippen LogP contribution in [0.3, 0.4) is 0 Å². The monoisotopic (exact) mass is 212 g/mol. The maximum absolute atomic E-state index is 5.70. The lowest BCUT2D eigenvalue weighted by Crippen LogP contribution is -1.95. The molecule has 1 atom stereocenters. The van der Waals surface area contributed by atoms with Crippen LogP contribution in [0, 0.1) is 6.92 Å². The molecule has 0 aliphatic rings. The molecule has 0 N–H and O–H groups in total. The summed E-state index contributed by atoms with van der Waals surface area (Å²) >= 11 is 0. The van der Waals surface area contributed by atoms with Gasteiger partial charge >= 0.3 is 0 Å². The molecule has 0 aliphatic carbocycles. The second-order valence-electron chi connectivity index (χ2n) is 3.86. The zero-order valence-corrected chi connectivity index (χ0v) is 9.68. The van der Waals surface area contributed by atoms with E-state index in [1.165, 1.54) is 5.56 Å². The third kappa shape index (κ3) is 2.25. The summed E-state index contributed by atoms with van der Waals surface area (Å²) < 4.78 is 5.70. The molecule has 1 aromatic heterocycles. The minimum atomic E-state index is 0.222. The molecule has 0 saturated carbocycles. The third-order valence-corrected chi connectivity index (χ3v) is 2.61. The Bertz CT molecular complexity index is 465. The number of allylic oxidation sites excluding steroid dienone is 2. The van der Waals surface area contributed by atoms with Gasteiger partial charge in [-0.2, -0.15) is 0 Å². The maximum atomic E-state index is 5.70. The summed E-state index contributed by atoms with van der Waals surface area (Å²) in [6, 6.07) is 14.5. The number of rotatable bonds is 3. The van der Waals surface area contributed by atoms with Crippen LogP contribution in [-0.4, -0.2) is 0 Å². The first-order valence-corrected chi connectivity index (χ1v) is 5.55. The van der Waals surface area contributed by atoms with Crippen molar-refractivity contribution in [3.8, 4) is 0 Å². The molecular formula is C15H16O. The van der Waals surface area contributed by atoms with Gasteiger partial charge in [0.25, 0.3) is 0 Å². The molecular weight excluding hydrogens is 196 g/mol. The summed E-state index contributed by atoms with van der Waals surface area (Å²) in [6.07, 6.45) is 4.23. The molecule has 0 bridgehead atoms. The van der Waals surface area contributed by atoms with E-state index in [2.05, 4.69) is 36.4 Å². The summed E-state index contributed by atoms with van der Waals surface area (Å²) in [5, 5.41) is 0. The van der Waals surface area contributed by atoms with E-state index in [9.17, 15) is 0 Å². The van der Waals surface area contributed by atoms with Gasteiger partial charge < -0.3 is 4.42 Å². The fourth-order valence-electron chi connectivity index (χ4n) is 1.84. The smallest absolute Gasteiger partial charge is 0.115 e. The molecule has 1 unspecified atom stereocenters. The van der Waals surface area contributed by atoms with E-state index in [-0.39, 0.29) is 5.92 Å². The Balaban J connectivity index is 2.38. The Labute approximate surface area is 96.4 Å². The van der Waals surface area contributed by atoms with Crippen LogP contribution >= 0.6 is 0 Å². The molecule has 16 heavy (non-hydrogen) atoms. The number of aryl methyl sites for hydroxylation is 1. The van der Waals surface area contributed by atoms with Gasteiger partial charge in [-0.1, -0.05) is 42.5 Å². The number of furan rings is 1. The van der Waals surface area contributed by atoms with Gasteiger partial charge in [0, 0.05) is 0 Å². The molecule has 1 nitrogen and oxygen atoms in total. The van der Waals surface area contributed by atoms with Gasteiger partial charge in [0.05, 0.1) is 5.92 Å². The van der Waals surface area contributed by atoms with E-state index >= 15 is 0 Å². The van der Waals surface area contributed by atoms with Crippen molar-refractivity contribution in [3.63, 3.8) is 0 Å². The van der Waals surface area contributed by atoms with Crippen LogP contribution < -0.4 is 0 Å². The Morgan fingerprint density at radius 1 is 1.06 bits per heavy atom. The summed E-state index contributed by atoms with van der Waals surface area (Å²) in [5.74, 6) is 2.18. The zero-order valence-electron chi connectivity index (χ0n) is 9.68. The maximum Gasteiger partial charge on any atom is 0.115 e. The van der Waals surface area contributed by atoms with Crippen molar-refractivity contribution in [2.45, 2.75) is 19.8 Å². The van der Waals surface area contributed by atoms with E-state index < -0.39 is 0 Å². The average molecular weight is 212 g/mol. The molecule has 1 heteroatoms. The van der Waals surface area contributed by atoms with Gasteiger partial charge in [-0.05, 0) is 31.5 Å². The normalized spacial score (nSPS) is 13.1. The molecule has 1 heterocycles. The minimum absolute atomic E-state index is 0.222. The van der Waals surface area contributed by atoms with E-state index in [1.54, 1.807) is 0 Å². The highest BCUT2D eigenvalue weighted by Gasteiger charge is 2.13. The van der Waals surface area contributed by atoms with Crippen LogP contribution in [0.15, 0.2) is 59.0 Å². The Morgan fingerprint density at radius 3 is 2.38 bits per heavy atom. The summed E-state index contributed by atoms with van der Waals surface area (Å²) in [6.45, 7) is 4.01. The van der Waals surface area contributed by atoms with Gasteiger partial charge in [-0.15, -0.1) is 0 Å². The number of hydrogen-bond acceptors (Lipinski definition) is 1. The number of hydrogen-bond donors (Lipinski definition) is 0. The Kier molecular flexibility index (Phi) is 3.25. The highest BCUT2D eigenvalue weighted by Crippen LogP contribution is 2.27. The molecule has 0 aliphatic heterocycles. The van der Waals surface area contributed by atoms with E-state index in [1.807, 2.05) is 32.0 Å².